The predicted molar refractivity (Wildman–Crippen MR) is 134 cm³/mol. The van der Waals surface area contributed by atoms with Crippen molar-refractivity contribution in [2.24, 2.45) is 9.98 Å². The number of aliphatic hydroxyl groups excluding tert-OH is 2. The van der Waals surface area contributed by atoms with Gasteiger partial charge < -0.3 is 19.0 Å². The Labute approximate surface area is 209 Å². The lowest BCUT2D eigenvalue weighted by molar-refractivity contribution is -0.117. The van der Waals surface area contributed by atoms with Crippen molar-refractivity contribution in [1.29, 1.82) is 0 Å². The van der Waals surface area contributed by atoms with E-state index in [1.165, 1.54) is 12.4 Å². The summed E-state index contributed by atoms with van der Waals surface area (Å²) in [7, 11) is 0. The fraction of sp³-hybridized carbons (Fsp3) is 0.429. The maximum atomic E-state index is 12.7. The highest BCUT2D eigenvalue weighted by atomic mass is 16.3. The number of Topliss-reactive ketones (excluding diaryl/α,β-unsaturated/α-hetero) is 2. The molecular weight excluding hydrogens is 460 g/mol. The molecule has 8 nitrogen and oxygen atoms in total. The molecule has 36 heavy (non-hydrogen) atoms. The van der Waals surface area contributed by atoms with Crippen LogP contribution < -0.4 is 0 Å². The van der Waals surface area contributed by atoms with Gasteiger partial charge in [-0.05, 0) is 37.1 Å². The molecule has 1 fully saturated rings. The molecule has 5 rings (SSSR count). The Morgan fingerprint density at radius 2 is 1.17 bits per heavy atom. The normalized spacial score (nSPS) is 28.1. The number of aliphatic hydroxyl groups is 2. The van der Waals surface area contributed by atoms with Crippen LogP contribution in [0.3, 0.4) is 0 Å². The van der Waals surface area contributed by atoms with Gasteiger partial charge in [0.05, 0.1) is 35.8 Å². The third-order valence-electron chi connectivity index (χ3n) is 7.34. The van der Waals surface area contributed by atoms with E-state index in [0.29, 0.717) is 24.4 Å². The quantitative estimate of drug-likeness (QED) is 0.512. The standard InChI is InChI=1S/C28H30N2O6/c31-23-11-17(27-7-3-9-35-27)12-24(32)19(23)15-29-21-5-1-2-6-22(21)30-16-20-25(33)13-18(14-26(20)34)28-8-4-10-36-28/h3-4,7-10,15-18,21-22,31,33H,1-2,5-6,11-14H2/t17?,18?,21-,22-/m1/s1. The minimum absolute atomic E-state index is 0.0289. The first kappa shape index (κ1) is 24.0. The van der Waals surface area contributed by atoms with E-state index in [-0.39, 0.29) is 71.0 Å². The van der Waals surface area contributed by atoms with E-state index in [0.717, 1.165) is 25.7 Å². The molecule has 0 radical (unpaired) electrons. The number of aliphatic imine (C=N–C) groups is 2. The lowest BCUT2D eigenvalue weighted by atomic mass is 9.85. The van der Waals surface area contributed by atoms with E-state index >= 15 is 0 Å². The average Bonchev–Trinajstić information content (AvgIpc) is 3.58. The van der Waals surface area contributed by atoms with Crippen LogP contribution in [0.25, 0.3) is 0 Å². The number of carbonyl (C=O) groups is 2. The van der Waals surface area contributed by atoms with Gasteiger partial charge in [0.2, 0.25) is 0 Å². The van der Waals surface area contributed by atoms with Crippen molar-refractivity contribution in [3.63, 3.8) is 0 Å². The lowest BCUT2D eigenvalue weighted by Gasteiger charge is -2.26. The zero-order chi connectivity index (χ0) is 25.1. The number of furan rings is 2. The first-order chi connectivity index (χ1) is 17.5. The minimum atomic E-state index is -0.168. The molecule has 4 atom stereocenters. The molecular formula is C28H30N2O6. The molecule has 0 saturated heterocycles. The van der Waals surface area contributed by atoms with Crippen LogP contribution in [0.1, 0.15) is 74.7 Å². The summed E-state index contributed by atoms with van der Waals surface area (Å²) in [5, 5.41) is 21.1. The van der Waals surface area contributed by atoms with E-state index < -0.39 is 0 Å². The highest BCUT2D eigenvalue weighted by Crippen LogP contribution is 2.35. The first-order valence-corrected chi connectivity index (χ1v) is 12.5. The number of carbonyl (C=O) groups excluding carboxylic acids is 2. The maximum absolute atomic E-state index is 12.7. The highest BCUT2D eigenvalue weighted by Gasteiger charge is 2.32. The molecule has 188 valence electrons. The van der Waals surface area contributed by atoms with Gasteiger partial charge >= 0.3 is 0 Å². The van der Waals surface area contributed by atoms with Crippen molar-refractivity contribution < 1.29 is 28.6 Å². The zero-order valence-electron chi connectivity index (χ0n) is 20.0. The number of ketones is 2. The van der Waals surface area contributed by atoms with E-state index in [2.05, 4.69) is 9.98 Å². The second kappa shape index (κ2) is 10.5. The molecule has 0 aliphatic heterocycles. The Morgan fingerprint density at radius 1 is 0.722 bits per heavy atom. The number of hydrogen-bond donors (Lipinski definition) is 2. The SMILES string of the molecule is O=C1CC(c2ccco2)CC(O)=C1C=N[C@@H]1CCCC[C@H]1N=CC1=C(O)CC(c2ccco2)CC1=O. The average molecular weight is 491 g/mol. The zero-order valence-corrected chi connectivity index (χ0v) is 20.0. The maximum Gasteiger partial charge on any atom is 0.168 e. The van der Waals surface area contributed by atoms with Gasteiger partial charge in [-0.1, -0.05) is 12.8 Å². The molecule has 3 aliphatic rings. The molecule has 0 spiro atoms. The molecule has 3 aliphatic carbocycles. The molecule has 0 aromatic carbocycles. The van der Waals surface area contributed by atoms with Crippen molar-refractivity contribution >= 4 is 24.0 Å². The lowest BCUT2D eigenvalue weighted by Crippen LogP contribution is -2.28. The Morgan fingerprint density at radius 3 is 1.53 bits per heavy atom. The van der Waals surface area contributed by atoms with Crippen LogP contribution in [-0.4, -0.2) is 46.3 Å². The molecule has 0 amide bonds. The summed E-state index contributed by atoms with van der Waals surface area (Å²) in [4.78, 5) is 34.7. The molecule has 0 bridgehead atoms. The van der Waals surface area contributed by atoms with Crippen LogP contribution in [0.4, 0.5) is 0 Å². The van der Waals surface area contributed by atoms with Gasteiger partial charge in [-0.15, -0.1) is 0 Å². The van der Waals surface area contributed by atoms with Crippen molar-refractivity contribution in [1.82, 2.24) is 0 Å². The molecule has 8 heteroatoms. The first-order valence-electron chi connectivity index (χ1n) is 12.5. The van der Waals surface area contributed by atoms with E-state index in [4.69, 9.17) is 8.83 Å². The predicted octanol–water partition coefficient (Wildman–Crippen LogP) is 5.54. The van der Waals surface area contributed by atoms with Crippen LogP contribution in [0, 0.1) is 0 Å². The van der Waals surface area contributed by atoms with Crippen LogP contribution >= 0.6 is 0 Å². The Hall–Kier alpha value is -3.68. The van der Waals surface area contributed by atoms with Crippen molar-refractivity contribution in [3.8, 4) is 0 Å². The summed E-state index contributed by atoms with van der Waals surface area (Å²) in [6, 6.07) is 6.85. The summed E-state index contributed by atoms with van der Waals surface area (Å²) in [6.45, 7) is 0. The van der Waals surface area contributed by atoms with Crippen LogP contribution in [0.5, 0.6) is 0 Å². The topological polar surface area (TPSA) is 126 Å². The fourth-order valence-electron chi connectivity index (χ4n) is 5.34. The Bertz CT molecular complexity index is 1120. The van der Waals surface area contributed by atoms with Gasteiger partial charge in [0.15, 0.2) is 11.6 Å². The molecule has 2 N–H and O–H groups in total. The number of nitrogens with zero attached hydrogens (tertiary/aromatic N) is 2. The largest absolute Gasteiger partial charge is 0.511 e. The molecule has 2 heterocycles. The second-order valence-corrected chi connectivity index (χ2v) is 9.78. The van der Waals surface area contributed by atoms with Crippen molar-refractivity contribution in [2.45, 2.75) is 75.3 Å². The molecule has 1 saturated carbocycles. The second-order valence-electron chi connectivity index (χ2n) is 9.78. The van der Waals surface area contributed by atoms with E-state index in [1.807, 2.05) is 12.1 Å². The number of allylic oxidation sites excluding steroid dienone is 4. The van der Waals surface area contributed by atoms with Crippen molar-refractivity contribution in [2.75, 3.05) is 0 Å². The third-order valence-corrected chi connectivity index (χ3v) is 7.34. The van der Waals surface area contributed by atoms with E-state index in [1.54, 1.807) is 24.7 Å². The van der Waals surface area contributed by atoms with Crippen molar-refractivity contribution in [3.05, 3.63) is 71.0 Å². The number of hydrogen-bond acceptors (Lipinski definition) is 8. The monoisotopic (exact) mass is 490 g/mol. The van der Waals surface area contributed by atoms with Gasteiger partial charge in [0.1, 0.15) is 23.0 Å². The minimum Gasteiger partial charge on any atom is -0.511 e. The molecule has 2 unspecified atom stereocenters. The smallest absolute Gasteiger partial charge is 0.168 e. The van der Waals surface area contributed by atoms with Gasteiger partial charge in [-0.3, -0.25) is 19.6 Å². The number of rotatable bonds is 6. The highest BCUT2D eigenvalue weighted by molar-refractivity contribution is 6.15. The molecule has 2 aromatic heterocycles. The van der Waals surface area contributed by atoms with Gasteiger partial charge in [-0.2, -0.15) is 0 Å². The summed E-state index contributed by atoms with van der Waals surface area (Å²) in [5.41, 5.74) is 0.496. The Kier molecular flexibility index (Phi) is 7.02. The van der Waals surface area contributed by atoms with E-state index in [9.17, 15) is 19.8 Å². The van der Waals surface area contributed by atoms with Crippen LogP contribution in [0.15, 0.2) is 78.3 Å². The summed E-state index contributed by atoms with van der Waals surface area (Å²) < 4.78 is 10.8. The summed E-state index contributed by atoms with van der Waals surface area (Å²) >= 11 is 0. The van der Waals surface area contributed by atoms with Gasteiger partial charge in [0, 0.05) is 49.9 Å². The van der Waals surface area contributed by atoms with Crippen LogP contribution in [0.2, 0.25) is 0 Å². The third kappa shape index (κ3) is 5.12. The summed E-state index contributed by atoms with van der Waals surface area (Å²) in [6.07, 6.45) is 10.9. The Balaban J connectivity index is 1.28. The molecule has 2 aromatic rings. The van der Waals surface area contributed by atoms with Gasteiger partial charge in [-0.25, -0.2) is 0 Å². The van der Waals surface area contributed by atoms with Crippen LogP contribution in [-0.2, 0) is 9.59 Å². The summed E-state index contributed by atoms with van der Waals surface area (Å²) in [5.74, 6) is 0.789. The van der Waals surface area contributed by atoms with Gasteiger partial charge in [0.25, 0.3) is 0 Å². The fourth-order valence-corrected chi connectivity index (χ4v) is 5.34.